The molecule has 1 heterocycles. The summed E-state index contributed by atoms with van der Waals surface area (Å²) < 4.78 is 5.79. The summed E-state index contributed by atoms with van der Waals surface area (Å²) in [5.41, 5.74) is 0. The molecule has 1 aliphatic carbocycles. The Morgan fingerprint density at radius 3 is 2.70 bits per heavy atom. The van der Waals surface area contributed by atoms with E-state index in [0.29, 0.717) is 6.04 Å². The van der Waals surface area contributed by atoms with Crippen LogP contribution in [-0.4, -0.2) is 60.8 Å². The zero-order valence-corrected chi connectivity index (χ0v) is 16.5. The molecule has 1 aliphatic heterocycles. The Balaban J connectivity index is 1.93. The summed E-state index contributed by atoms with van der Waals surface area (Å²) >= 11 is 3.97. The first-order valence-electron chi connectivity index (χ1n) is 8.92. The second-order valence-corrected chi connectivity index (χ2v) is 8.97. The van der Waals surface area contributed by atoms with Gasteiger partial charge in [0.25, 0.3) is 0 Å². The van der Waals surface area contributed by atoms with Crippen LogP contribution >= 0.6 is 23.5 Å². The summed E-state index contributed by atoms with van der Waals surface area (Å²) in [6, 6.07) is 0.568. The van der Waals surface area contributed by atoms with Gasteiger partial charge >= 0.3 is 0 Å². The van der Waals surface area contributed by atoms with Gasteiger partial charge in [-0.25, -0.2) is 0 Å². The summed E-state index contributed by atoms with van der Waals surface area (Å²) in [4.78, 5) is 4.94. The number of aliphatic imine (C=N–C) groups is 1. The zero-order chi connectivity index (χ0) is 16.5. The van der Waals surface area contributed by atoms with Gasteiger partial charge in [-0.1, -0.05) is 6.42 Å². The second-order valence-electron chi connectivity index (χ2n) is 6.56. The lowest BCUT2D eigenvalue weighted by molar-refractivity contribution is 0.0794. The van der Waals surface area contributed by atoms with Gasteiger partial charge in [0.15, 0.2) is 5.96 Å². The summed E-state index contributed by atoms with van der Waals surface area (Å²) in [5, 5.41) is 7.93. The quantitative estimate of drug-likeness (QED) is 0.563. The van der Waals surface area contributed by atoms with Crippen LogP contribution in [-0.2, 0) is 4.74 Å². The molecule has 2 atom stereocenters. The SMILES string of the molecule is CCNC(=NCC1(SC)CCOCC1)NC1CCCC(SC)C1. The van der Waals surface area contributed by atoms with Gasteiger partial charge in [-0.05, 0) is 51.5 Å². The first kappa shape index (κ1) is 19.3. The lowest BCUT2D eigenvalue weighted by Crippen LogP contribution is -2.46. The van der Waals surface area contributed by atoms with Crippen molar-refractivity contribution in [2.24, 2.45) is 4.99 Å². The van der Waals surface area contributed by atoms with Crippen molar-refractivity contribution in [2.75, 3.05) is 38.8 Å². The van der Waals surface area contributed by atoms with Crippen molar-refractivity contribution in [1.29, 1.82) is 0 Å². The van der Waals surface area contributed by atoms with Gasteiger partial charge in [0.2, 0.25) is 0 Å². The maximum absolute atomic E-state index is 5.53. The van der Waals surface area contributed by atoms with Crippen LogP contribution in [0.2, 0.25) is 0 Å². The van der Waals surface area contributed by atoms with Gasteiger partial charge in [-0.3, -0.25) is 4.99 Å². The minimum absolute atomic E-state index is 0.259. The average Bonchev–Trinajstić information content (AvgIpc) is 2.61. The summed E-state index contributed by atoms with van der Waals surface area (Å²) in [7, 11) is 0. The number of hydrogen-bond acceptors (Lipinski definition) is 4. The highest BCUT2D eigenvalue weighted by atomic mass is 32.2. The molecule has 2 unspecified atom stereocenters. The number of nitrogens with one attached hydrogen (secondary N) is 2. The molecule has 4 nitrogen and oxygen atoms in total. The molecule has 1 saturated heterocycles. The van der Waals surface area contributed by atoms with Crippen LogP contribution in [0.1, 0.15) is 45.4 Å². The van der Waals surface area contributed by atoms with Gasteiger partial charge in [-0.2, -0.15) is 23.5 Å². The van der Waals surface area contributed by atoms with Gasteiger partial charge in [-0.15, -0.1) is 0 Å². The molecule has 134 valence electrons. The Bertz CT molecular complexity index is 373. The first-order chi connectivity index (χ1) is 11.2. The topological polar surface area (TPSA) is 45.7 Å². The van der Waals surface area contributed by atoms with E-state index in [-0.39, 0.29) is 4.75 Å². The van der Waals surface area contributed by atoms with Crippen LogP contribution in [0.5, 0.6) is 0 Å². The third-order valence-corrected chi connectivity index (χ3v) is 7.51. The maximum Gasteiger partial charge on any atom is 0.191 e. The molecule has 2 N–H and O–H groups in total. The number of hydrogen-bond donors (Lipinski definition) is 2. The second kappa shape index (κ2) is 10.0. The number of nitrogens with zero attached hydrogens (tertiary/aromatic N) is 1. The lowest BCUT2D eigenvalue weighted by atomic mass is 9.95. The Morgan fingerprint density at radius 2 is 2.04 bits per heavy atom. The molecule has 0 aromatic carbocycles. The van der Waals surface area contributed by atoms with Crippen LogP contribution in [0, 0.1) is 0 Å². The van der Waals surface area contributed by atoms with E-state index in [1.54, 1.807) is 0 Å². The summed E-state index contributed by atoms with van der Waals surface area (Å²) in [5.74, 6) is 0.999. The molecule has 23 heavy (non-hydrogen) atoms. The Kier molecular flexibility index (Phi) is 8.41. The maximum atomic E-state index is 5.53. The van der Waals surface area contributed by atoms with Crippen LogP contribution < -0.4 is 10.6 Å². The smallest absolute Gasteiger partial charge is 0.191 e. The normalized spacial score (nSPS) is 28.4. The molecule has 0 spiro atoms. The molecule has 0 bridgehead atoms. The summed E-state index contributed by atoms with van der Waals surface area (Å²) in [6.07, 6.45) is 11.9. The van der Waals surface area contributed by atoms with Crippen molar-refractivity contribution in [1.82, 2.24) is 10.6 Å². The van der Waals surface area contributed by atoms with E-state index in [4.69, 9.17) is 9.73 Å². The molecule has 0 aromatic rings. The highest BCUT2D eigenvalue weighted by Crippen LogP contribution is 2.34. The highest BCUT2D eigenvalue weighted by molar-refractivity contribution is 8.00. The predicted octanol–water partition coefficient (Wildman–Crippen LogP) is 3.13. The van der Waals surface area contributed by atoms with Crippen molar-refractivity contribution < 1.29 is 4.74 Å². The largest absolute Gasteiger partial charge is 0.381 e. The van der Waals surface area contributed by atoms with E-state index in [0.717, 1.165) is 50.4 Å². The van der Waals surface area contributed by atoms with Crippen molar-refractivity contribution in [3.05, 3.63) is 0 Å². The Hall–Kier alpha value is -0.0700. The lowest BCUT2D eigenvalue weighted by Gasteiger charge is -2.35. The average molecular weight is 360 g/mol. The molecule has 2 aliphatic rings. The Morgan fingerprint density at radius 1 is 1.26 bits per heavy atom. The van der Waals surface area contributed by atoms with Crippen molar-refractivity contribution in [2.45, 2.75) is 61.5 Å². The van der Waals surface area contributed by atoms with E-state index < -0.39 is 0 Å². The predicted molar refractivity (Wildman–Crippen MR) is 105 cm³/mol. The van der Waals surface area contributed by atoms with Crippen molar-refractivity contribution in [3.63, 3.8) is 0 Å². The van der Waals surface area contributed by atoms with Crippen LogP contribution in [0.15, 0.2) is 4.99 Å². The van der Waals surface area contributed by atoms with Gasteiger partial charge in [0.05, 0.1) is 6.54 Å². The van der Waals surface area contributed by atoms with E-state index >= 15 is 0 Å². The molecular formula is C17H33N3OS2. The van der Waals surface area contributed by atoms with Crippen molar-refractivity contribution in [3.8, 4) is 0 Å². The fourth-order valence-corrected chi connectivity index (χ4v) is 4.99. The highest BCUT2D eigenvalue weighted by Gasteiger charge is 2.31. The van der Waals surface area contributed by atoms with Crippen LogP contribution in [0.3, 0.4) is 0 Å². The molecular weight excluding hydrogens is 326 g/mol. The number of ether oxygens (including phenoxy) is 1. The minimum Gasteiger partial charge on any atom is -0.381 e. The van der Waals surface area contributed by atoms with Gasteiger partial charge in [0, 0.05) is 35.8 Å². The molecule has 0 radical (unpaired) electrons. The minimum atomic E-state index is 0.259. The van der Waals surface area contributed by atoms with E-state index in [1.807, 2.05) is 23.5 Å². The number of rotatable bonds is 6. The standard InChI is InChI=1S/C17H33N3OS2/c1-4-18-16(20-14-6-5-7-15(12-14)22-2)19-13-17(23-3)8-10-21-11-9-17/h14-15H,4-13H2,1-3H3,(H2,18,19,20). The van der Waals surface area contributed by atoms with Gasteiger partial charge < -0.3 is 15.4 Å². The molecule has 2 fully saturated rings. The number of thioether (sulfide) groups is 2. The number of guanidine groups is 1. The third kappa shape index (κ3) is 6.05. The monoisotopic (exact) mass is 359 g/mol. The molecule has 2 rings (SSSR count). The third-order valence-electron chi connectivity index (χ3n) is 5.01. The molecule has 6 heteroatoms. The fraction of sp³-hybridized carbons (Fsp3) is 0.941. The zero-order valence-electron chi connectivity index (χ0n) is 14.9. The van der Waals surface area contributed by atoms with Crippen LogP contribution in [0.4, 0.5) is 0 Å². The van der Waals surface area contributed by atoms with Crippen molar-refractivity contribution >= 4 is 29.5 Å². The summed E-state index contributed by atoms with van der Waals surface area (Å²) in [6.45, 7) is 5.68. The van der Waals surface area contributed by atoms with Crippen LogP contribution in [0.25, 0.3) is 0 Å². The molecule has 1 saturated carbocycles. The molecule has 0 amide bonds. The van der Waals surface area contributed by atoms with E-state index in [2.05, 4.69) is 30.1 Å². The Labute approximate surface area is 150 Å². The first-order valence-corrected chi connectivity index (χ1v) is 11.4. The van der Waals surface area contributed by atoms with E-state index in [1.165, 1.54) is 25.7 Å². The molecule has 0 aromatic heterocycles. The van der Waals surface area contributed by atoms with Gasteiger partial charge in [0.1, 0.15) is 0 Å². The fourth-order valence-electron chi connectivity index (χ4n) is 3.40. The van der Waals surface area contributed by atoms with E-state index in [9.17, 15) is 0 Å².